The van der Waals surface area contributed by atoms with Gasteiger partial charge < -0.3 is 10.4 Å². The largest absolute Gasteiger partial charge is 0.481 e. The van der Waals surface area contributed by atoms with Crippen LogP contribution in [-0.4, -0.2) is 23.5 Å². The molecule has 4 nitrogen and oxygen atoms in total. The fourth-order valence-corrected chi connectivity index (χ4v) is 1.61. The van der Waals surface area contributed by atoms with Crippen LogP contribution in [0, 0.1) is 11.7 Å². The van der Waals surface area contributed by atoms with Crippen molar-refractivity contribution in [2.45, 2.75) is 19.8 Å². The Morgan fingerprint density at radius 1 is 1.35 bits per heavy atom. The van der Waals surface area contributed by atoms with Crippen LogP contribution >= 0.6 is 0 Å². The number of rotatable bonds is 7. The molecule has 20 heavy (non-hydrogen) atoms. The Bertz CT molecular complexity index is 482. The summed E-state index contributed by atoms with van der Waals surface area (Å²) in [6.45, 7) is 2.11. The molecule has 0 spiro atoms. The topological polar surface area (TPSA) is 66.4 Å². The van der Waals surface area contributed by atoms with E-state index in [9.17, 15) is 14.0 Å². The van der Waals surface area contributed by atoms with E-state index in [0.29, 0.717) is 6.54 Å². The van der Waals surface area contributed by atoms with Gasteiger partial charge in [0.15, 0.2) is 0 Å². The first kappa shape index (κ1) is 15.9. The van der Waals surface area contributed by atoms with Gasteiger partial charge in [-0.2, -0.15) is 0 Å². The number of hydrogen-bond acceptors (Lipinski definition) is 2. The Morgan fingerprint density at radius 2 is 2.00 bits per heavy atom. The van der Waals surface area contributed by atoms with E-state index in [1.54, 1.807) is 31.2 Å². The number of carboxylic acids is 1. The smallest absolute Gasteiger partial charge is 0.303 e. The molecule has 1 unspecified atom stereocenters. The molecule has 0 radical (unpaired) electrons. The molecule has 1 atom stereocenters. The lowest BCUT2D eigenvalue weighted by Crippen LogP contribution is -2.28. The number of aliphatic carboxylic acids is 1. The number of carboxylic acid groups (broad SMARTS) is 1. The quantitative estimate of drug-likeness (QED) is 0.805. The maximum Gasteiger partial charge on any atom is 0.303 e. The average molecular weight is 279 g/mol. The standard InChI is InChI=1S/C15H18FNO3/c1-11(9-15(19)20)10-17-14(18)4-2-3-12-5-7-13(16)8-6-12/h2-3,5-8,11H,4,9-10H2,1H3,(H,17,18)(H,19,20)/b3-2+. The molecule has 108 valence electrons. The summed E-state index contributed by atoms with van der Waals surface area (Å²) in [5.41, 5.74) is 0.818. The molecule has 1 amide bonds. The number of benzene rings is 1. The van der Waals surface area contributed by atoms with E-state index in [0.717, 1.165) is 5.56 Å². The normalized spacial score (nSPS) is 12.3. The molecule has 1 aromatic carbocycles. The van der Waals surface area contributed by atoms with Crippen LogP contribution in [-0.2, 0) is 9.59 Å². The molecule has 0 aromatic heterocycles. The van der Waals surface area contributed by atoms with Crippen LogP contribution < -0.4 is 5.32 Å². The molecular formula is C15H18FNO3. The monoisotopic (exact) mass is 279 g/mol. The lowest BCUT2D eigenvalue weighted by Gasteiger charge is -2.09. The molecule has 0 aliphatic heterocycles. The van der Waals surface area contributed by atoms with Crippen molar-refractivity contribution < 1.29 is 19.1 Å². The molecular weight excluding hydrogens is 261 g/mol. The van der Waals surface area contributed by atoms with Crippen LogP contribution in [0.5, 0.6) is 0 Å². The van der Waals surface area contributed by atoms with E-state index in [1.165, 1.54) is 12.1 Å². The molecule has 1 aromatic rings. The van der Waals surface area contributed by atoms with Crippen LogP contribution in [0.15, 0.2) is 30.3 Å². The first-order valence-electron chi connectivity index (χ1n) is 6.38. The zero-order valence-electron chi connectivity index (χ0n) is 11.3. The van der Waals surface area contributed by atoms with Gasteiger partial charge in [-0.3, -0.25) is 9.59 Å². The molecule has 0 aliphatic carbocycles. The van der Waals surface area contributed by atoms with Crippen LogP contribution in [0.25, 0.3) is 6.08 Å². The summed E-state index contributed by atoms with van der Waals surface area (Å²) >= 11 is 0. The van der Waals surface area contributed by atoms with Gasteiger partial charge in [-0.1, -0.05) is 31.2 Å². The van der Waals surface area contributed by atoms with Gasteiger partial charge in [0.1, 0.15) is 5.82 Å². The Balaban J connectivity index is 2.29. The van der Waals surface area contributed by atoms with Gasteiger partial charge in [-0.15, -0.1) is 0 Å². The molecule has 0 bridgehead atoms. The van der Waals surface area contributed by atoms with Crippen molar-refractivity contribution in [3.8, 4) is 0 Å². The summed E-state index contributed by atoms with van der Waals surface area (Å²) in [5.74, 6) is -1.44. The Kier molecular flexibility index (Phi) is 6.43. The lowest BCUT2D eigenvalue weighted by atomic mass is 10.1. The second kappa shape index (κ2) is 8.09. The highest BCUT2D eigenvalue weighted by atomic mass is 19.1. The van der Waals surface area contributed by atoms with E-state index in [-0.39, 0.29) is 30.5 Å². The zero-order valence-corrected chi connectivity index (χ0v) is 11.3. The molecule has 0 aliphatic rings. The Hall–Kier alpha value is -2.17. The minimum Gasteiger partial charge on any atom is -0.481 e. The first-order valence-corrected chi connectivity index (χ1v) is 6.38. The molecule has 1 rings (SSSR count). The zero-order chi connectivity index (χ0) is 15.0. The number of hydrogen-bond donors (Lipinski definition) is 2. The second-order valence-electron chi connectivity index (χ2n) is 4.67. The minimum absolute atomic E-state index is 0.0334. The molecule has 2 N–H and O–H groups in total. The summed E-state index contributed by atoms with van der Waals surface area (Å²) < 4.78 is 12.7. The molecule has 0 saturated heterocycles. The maximum absolute atomic E-state index is 12.7. The highest BCUT2D eigenvalue weighted by Gasteiger charge is 2.08. The number of carbonyl (C=O) groups excluding carboxylic acids is 1. The summed E-state index contributed by atoms with van der Waals surface area (Å²) in [7, 11) is 0. The van der Waals surface area contributed by atoms with Crippen LogP contribution in [0.4, 0.5) is 4.39 Å². The third-order valence-electron chi connectivity index (χ3n) is 2.65. The molecule has 0 fully saturated rings. The van der Waals surface area contributed by atoms with Gasteiger partial charge in [0.05, 0.1) is 0 Å². The highest BCUT2D eigenvalue weighted by molar-refractivity contribution is 5.78. The van der Waals surface area contributed by atoms with Crippen LogP contribution in [0.2, 0.25) is 0 Å². The van der Waals surface area contributed by atoms with Crippen molar-refractivity contribution in [2.75, 3.05) is 6.54 Å². The van der Waals surface area contributed by atoms with E-state index < -0.39 is 5.97 Å². The lowest BCUT2D eigenvalue weighted by molar-refractivity contribution is -0.138. The van der Waals surface area contributed by atoms with Gasteiger partial charge >= 0.3 is 5.97 Å². The number of amides is 1. The second-order valence-corrected chi connectivity index (χ2v) is 4.67. The molecule has 0 heterocycles. The van der Waals surface area contributed by atoms with Gasteiger partial charge in [0, 0.05) is 19.4 Å². The van der Waals surface area contributed by atoms with E-state index in [4.69, 9.17) is 5.11 Å². The number of nitrogens with one attached hydrogen (secondary N) is 1. The van der Waals surface area contributed by atoms with Gasteiger partial charge in [0.25, 0.3) is 0 Å². The van der Waals surface area contributed by atoms with Gasteiger partial charge in [-0.25, -0.2) is 4.39 Å². The van der Waals surface area contributed by atoms with E-state index in [2.05, 4.69) is 5.32 Å². The van der Waals surface area contributed by atoms with Gasteiger partial charge in [0.2, 0.25) is 5.91 Å². The maximum atomic E-state index is 12.7. The average Bonchev–Trinajstić information content (AvgIpc) is 2.38. The summed E-state index contributed by atoms with van der Waals surface area (Å²) in [4.78, 5) is 22.0. The number of halogens is 1. The van der Waals surface area contributed by atoms with Gasteiger partial charge in [-0.05, 0) is 23.6 Å². The predicted molar refractivity (Wildman–Crippen MR) is 74.5 cm³/mol. The Morgan fingerprint density at radius 3 is 2.60 bits per heavy atom. The first-order chi connectivity index (χ1) is 9.47. The fraction of sp³-hybridized carbons (Fsp3) is 0.333. The van der Waals surface area contributed by atoms with Crippen molar-refractivity contribution in [2.24, 2.45) is 5.92 Å². The van der Waals surface area contributed by atoms with Crippen molar-refractivity contribution in [1.82, 2.24) is 5.32 Å². The minimum atomic E-state index is -0.872. The number of carbonyl (C=O) groups is 2. The third kappa shape index (κ3) is 6.68. The van der Waals surface area contributed by atoms with Crippen LogP contribution in [0.1, 0.15) is 25.3 Å². The SMILES string of the molecule is CC(CNC(=O)C/C=C/c1ccc(F)cc1)CC(=O)O. The van der Waals surface area contributed by atoms with Crippen molar-refractivity contribution >= 4 is 18.0 Å². The highest BCUT2D eigenvalue weighted by Crippen LogP contribution is 2.05. The summed E-state index contributed by atoms with van der Waals surface area (Å²) in [6, 6.07) is 5.96. The summed E-state index contributed by atoms with van der Waals surface area (Å²) in [5, 5.41) is 11.3. The fourth-order valence-electron chi connectivity index (χ4n) is 1.61. The van der Waals surface area contributed by atoms with Crippen molar-refractivity contribution in [3.05, 3.63) is 41.7 Å². The molecule has 5 heteroatoms. The van der Waals surface area contributed by atoms with E-state index >= 15 is 0 Å². The van der Waals surface area contributed by atoms with Crippen molar-refractivity contribution in [1.29, 1.82) is 0 Å². The predicted octanol–water partition coefficient (Wildman–Crippen LogP) is 2.46. The molecule has 0 saturated carbocycles. The van der Waals surface area contributed by atoms with Crippen molar-refractivity contribution in [3.63, 3.8) is 0 Å². The van der Waals surface area contributed by atoms with E-state index in [1.807, 2.05) is 0 Å². The van der Waals surface area contributed by atoms with Crippen LogP contribution in [0.3, 0.4) is 0 Å². The Labute approximate surface area is 117 Å². The summed E-state index contributed by atoms with van der Waals surface area (Å²) in [6.07, 6.45) is 3.66. The third-order valence-corrected chi connectivity index (χ3v) is 2.65.